The number of ether oxygens (including phenoxy) is 1. The van der Waals surface area contributed by atoms with Crippen LogP contribution < -0.4 is 4.74 Å². The van der Waals surface area contributed by atoms with Crippen molar-refractivity contribution in [1.82, 2.24) is 0 Å². The minimum absolute atomic E-state index is 0.211. The Morgan fingerprint density at radius 3 is 2.22 bits per heavy atom. The molecule has 4 rings (SSSR count). The molecule has 0 heterocycles. The van der Waals surface area contributed by atoms with E-state index in [1.54, 1.807) is 12.1 Å². The Kier molecular flexibility index (Phi) is 2.92. The molecule has 0 spiro atoms. The van der Waals surface area contributed by atoms with Crippen molar-refractivity contribution in [3.8, 4) is 5.75 Å². The number of fused-ring (bicyclic) bond motifs is 3. The van der Waals surface area contributed by atoms with Gasteiger partial charge in [-0.25, -0.2) is 4.39 Å². The Labute approximate surface area is 116 Å². The minimum atomic E-state index is -0.231. The molecule has 0 unspecified atom stereocenters. The summed E-state index contributed by atoms with van der Waals surface area (Å²) in [6.45, 7) is 0. The molecule has 2 bridgehead atoms. The number of hydrogen-bond acceptors (Lipinski definition) is 1. The molecule has 0 atom stereocenters. The second-order valence-corrected chi connectivity index (χ2v) is 7.46. The average molecular weight is 313 g/mol. The van der Waals surface area contributed by atoms with Crippen molar-refractivity contribution in [2.75, 3.05) is 7.11 Å². The van der Waals surface area contributed by atoms with Gasteiger partial charge < -0.3 is 4.74 Å². The third-order valence-electron chi connectivity index (χ3n) is 4.92. The number of benzene rings is 1. The lowest BCUT2D eigenvalue weighted by atomic mass is 9.58. The Balaban J connectivity index is 1.93. The average Bonchev–Trinajstić information content (AvgIpc) is 2.40. The molecule has 0 amide bonds. The smallest absolute Gasteiger partial charge is 0.165 e. The van der Waals surface area contributed by atoms with Gasteiger partial charge >= 0.3 is 0 Å². The van der Waals surface area contributed by atoms with Crippen LogP contribution in [0.1, 0.15) is 44.1 Å². The number of hydrogen-bond donors (Lipinski definition) is 0. The Hall–Kier alpha value is -0.570. The van der Waals surface area contributed by atoms with Crippen LogP contribution in [0.4, 0.5) is 4.39 Å². The number of rotatable bonds is 2. The summed E-state index contributed by atoms with van der Waals surface area (Å²) in [6.07, 6.45) is 7.14. The molecule has 0 radical (unpaired) electrons. The highest BCUT2D eigenvalue weighted by Gasteiger charge is 2.48. The Morgan fingerprint density at radius 2 is 1.72 bits per heavy atom. The van der Waals surface area contributed by atoms with E-state index in [4.69, 9.17) is 4.74 Å². The van der Waals surface area contributed by atoms with Crippen molar-refractivity contribution >= 4 is 15.9 Å². The maximum atomic E-state index is 13.9. The third-order valence-corrected chi connectivity index (χ3v) is 6.11. The summed E-state index contributed by atoms with van der Waals surface area (Å²) in [6, 6.07) is 5.50. The quantitative estimate of drug-likeness (QED) is 0.727. The van der Waals surface area contributed by atoms with Crippen LogP contribution in [-0.2, 0) is 5.41 Å². The molecular formula is C15H18BrFO. The number of halogens is 2. The van der Waals surface area contributed by atoms with Crippen molar-refractivity contribution in [1.29, 1.82) is 0 Å². The summed E-state index contributed by atoms with van der Waals surface area (Å²) < 4.78 is 19.2. The van der Waals surface area contributed by atoms with E-state index >= 15 is 0 Å². The van der Waals surface area contributed by atoms with Crippen LogP contribution in [0, 0.1) is 5.82 Å². The van der Waals surface area contributed by atoms with Gasteiger partial charge in [0.05, 0.1) is 7.11 Å². The van der Waals surface area contributed by atoms with E-state index in [0.717, 1.165) is 5.56 Å². The zero-order valence-corrected chi connectivity index (χ0v) is 12.2. The fourth-order valence-electron chi connectivity index (χ4n) is 3.57. The van der Waals surface area contributed by atoms with E-state index in [0.29, 0.717) is 10.1 Å². The number of alkyl halides is 1. The Bertz CT molecular complexity index is 447. The molecule has 1 nitrogen and oxygen atoms in total. The van der Waals surface area contributed by atoms with E-state index < -0.39 is 0 Å². The van der Waals surface area contributed by atoms with Crippen molar-refractivity contribution in [3.63, 3.8) is 0 Å². The highest BCUT2D eigenvalue weighted by atomic mass is 79.9. The molecule has 0 aliphatic heterocycles. The van der Waals surface area contributed by atoms with Crippen LogP contribution in [0.25, 0.3) is 0 Å². The molecule has 3 fully saturated rings. The maximum Gasteiger partial charge on any atom is 0.165 e. The molecule has 1 aromatic rings. The van der Waals surface area contributed by atoms with Crippen LogP contribution in [0.2, 0.25) is 0 Å². The lowest BCUT2D eigenvalue weighted by Gasteiger charge is -2.51. The second-order valence-electron chi connectivity index (χ2n) is 5.78. The van der Waals surface area contributed by atoms with Crippen LogP contribution in [0.15, 0.2) is 18.2 Å². The van der Waals surface area contributed by atoms with Crippen LogP contribution in [0.5, 0.6) is 5.75 Å². The van der Waals surface area contributed by atoms with Gasteiger partial charge in [-0.1, -0.05) is 22.0 Å². The van der Waals surface area contributed by atoms with E-state index in [1.807, 2.05) is 0 Å². The normalized spacial score (nSPS) is 34.6. The van der Waals surface area contributed by atoms with Crippen molar-refractivity contribution in [3.05, 3.63) is 29.6 Å². The monoisotopic (exact) mass is 312 g/mol. The zero-order valence-electron chi connectivity index (χ0n) is 10.6. The van der Waals surface area contributed by atoms with Crippen molar-refractivity contribution in [2.45, 2.75) is 48.3 Å². The van der Waals surface area contributed by atoms with E-state index in [9.17, 15) is 4.39 Å². The standard InChI is InChI=1S/C15H18BrFO/c1-18-13-3-2-11(10-12(13)17)14-4-7-15(16,8-5-14)9-6-14/h2-3,10H,4-9H2,1H3. The minimum Gasteiger partial charge on any atom is -0.494 e. The van der Waals surface area contributed by atoms with Gasteiger partial charge in [-0.15, -0.1) is 0 Å². The fourth-order valence-corrected chi connectivity index (χ4v) is 4.16. The van der Waals surface area contributed by atoms with Gasteiger partial charge in [-0.2, -0.15) is 0 Å². The van der Waals surface area contributed by atoms with Gasteiger partial charge in [0.25, 0.3) is 0 Å². The first-order valence-corrected chi connectivity index (χ1v) is 7.39. The molecule has 18 heavy (non-hydrogen) atoms. The molecule has 3 saturated carbocycles. The van der Waals surface area contributed by atoms with Crippen molar-refractivity contribution in [2.24, 2.45) is 0 Å². The van der Waals surface area contributed by atoms with Gasteiger partial charge in [0, 0.05) is 4.32 Å². The van der Waals surface area contributed by atoms with E-state index in [2.05, 4.69) is 22.0 Å². The van der Waals surface area contributed by atoms with Crippen LogP contribution in [0.3, 0.4) is 0 Å². The topological polar surface area (TPSA) is 9.23 Å². The lowest BCUT2D eigenvalue weighted by molar-refractivity contribution is 0.162. The van der Waals surface area contributed by atoms with Crippen LogP contribution in [-0.4, -0.2) is 11.4 Å². The largest absolute Gasteiger partial charge is 0.494 e. The summed E-state index contributed by atoms with van der Waals surface area (Å²) in [5.74, 6) is 0.113. The zero-order chi connectivity index (χ0) is 12.8. The molecule has 0 saturated heterocycles. The summed E-state index contributed by atoms with van der Waals surface area (Å²) in [7, 11) is 1.51. The predicted octanol–water partition coefficient (Wildman–Crippen LogP) is 4.57. The van der Waals surface area contributed by atoms with Gasteiger partial charge in [0.15, 0.2) is 11.6 Å². The summed E-state index contributed by atoms with van der Waals surface area (Å²) in [4.78, 5) is 0. The van der Waals surface area contributed by atoms with E-state index in [1.165, 1.54) is 45.6 Å². The summed E-state index contributed by atoms with van der Waals surface area (Å²) in [5.41, 5.74) is 1.37. The molecule has 3 aliphatic rings. The molecule has 0 aromatic heterocycles. The first-order valence-electron chi connectivity index (χ1n) is 6.60. The second kappa shape index (κ2) is 4.22. The molecule has 3 aliphatic carbocycles. The van der Waals surface area contributed by atoms with Gasteiger partial charge in [-0.3, -0.25) is 0 Å². The predicted molar refractivity (Wildman–Crippen MR) is 74.0 cm³/mol. The summed E-state index contributed by atoms with van der Waals surface area (Å²) in [5, 5.41) is 0. The van der Waals surface area contributed by atoms with E-state index in [-0.39, 0.29) is 11.2 Å². The first-order chi connectivity index (χ1) is 8.57. The first kappa shape index (κ1) is 12.5. The van der Waals surface area contributed by atoms with Crippen LogP contribution >= 0.6 is 15.9 Å². The molecular weight excluding hydrogens is 295 g/mol. The SMILES string of the molecule is COc1ccc(C23CCC(Br)(CC2)CC3)cc1F. The highest BCUT2D eigenvalue weighted by molar-refractivity contribution is 9.10. The fraction of sp³-hybridized carbons (Fsp3) is 0.600. The summed E-state index contributed by atoms with van der Waals surface area (Å²) >= 11 is 3.87. The number of methoxy groups -OCH3 is 1. The van der Waals surface area contributed by atoms with Gasteiger partial charge in [0.1, 0.15) is 0 Å². The van der Waals surface area contributed by atoms with Crippen molar-refractivity contribution < 1.29 is 9.13 Å². The molecule has 98 valence electrons. The molecule has 1 aromatic carbocycles. The maximum absolute atomic E-state index is 13.9. The Morgan fingerprint density at radius 1 is 1.11 bits per heavy atom. The van der Waals surface area contributed by atoms with Gasteiger partial charge in [-0.05, 0) is 61.6 Å². The molecule has 3 heteroatoms. The lowest BCUT2D eigenvalue weighted by Crippen LogP contribution is -2.44. The van der Waals surface area contributed by atoms with Gasteiger partial charge in [0.2, 0.25) is 0 Å². The third kappa shape index (κ3) is 1.87. The molecule has 0 N–H and O–H groups in total. The highest BCUT2D eigenvalue weighted by Crippen LogP contribution is 2.57.